The van der Waals surface area contributed by atoms with Crippen molar-refractivity contribution in [3.05, 3.63) is 33.8 Å². The molecule has 1 rings (SSSR count). The van der Waals surface area contributed by atoms with Crippen LogP contribution in [0.25, 0.3) is 0 Å². The van der Waals surface area contributed by atoms with Crippen LogP contribution in [0.2, 0.25) is 10.0 Å². The molecule has 0 aliphatic carbocycles. The summed E-state index contributed by atoms with van der Waals surface area (Å²) in [6.45, 7) is 0. The van der Waals surface area contributed by atoms with Gasteiger partial charge in [0.2, 0.25) is 0 Å². The smallest absolute Gasteiger partial charge is 0.324 e. The minimum absolute atomic E-state index is 0. The third-order valence-electron chi connectivity index (χ3n) is 1.82. The molecule has 0 spiro atoms. The molecule has 0 unspecified atom stereocenters. The number of halogens is 6. The molecule has 0 amide bonds. The number of hydrogen-bond acceptors (Lipinski definition) is 1. The van der Waals surface area contributed by atoms with Crippen molar-refractivity contribution in [1.82, 2.24) is 0 Å². The van der Waals surface area contributed by atoms with Gasteiger partial charge in [-0.1, -0.05) is 29.3 Å². The largest absolute Gasteiger partial charge is 0.390 e. The molecule has 1 atom stereocenters. The van der Waals surface area contributed by atoms with E-state index in [4.69, 9.17) is 28.9 Å². The van der Waals surface area contributed by atoms with Crippen LogP contribution in [0.3, 0.4) is 0 Å². The highest BCUT2D eigenvalue weighted by Crippen LogP contribution is 2.35. The van der Waals surface area contributed by atoms with Crippen molar-refractivity contribution in [2.75, 3.05) is 0 Å². The van der Waals surface area contributed by atoms with E-state index in [2.05, 4.69) is 0 Å². The number of rotatable bonds is 2. The molecule has 0 heterocycles. The molecule has 0 radical (unpaired) electrons. The van der Waals surface area contributed by atoms with Gasteiger partial charge in [-0.05, 0) is 12.1 Å². The molecule has 0 saturated carbocycles. The van der Waals surface area contributed by atoms with Crippen LogP contribution < -0.4 is 5.73 Å². The van der Waals surface area contributed by atoms with Crippen molar-refractivity contribution >= 4 is 35.6 Å². The molecule has 0 aromatic heterocycles. The molecular weight excluding hydrogens is 285 g/mol. The molecule has 7 heteroatoms. The molecule has 16 heavy (non-hydrogen) atoms. The summed E-state index contributed by atoms with van der Waals surface area (Å²) in [4.78, 5) is 0. The maximum absolute atomic E-state index is 12.1. The van der Waals surface area contributed by atoms with Gasteiger partial charge < -0.3 is 5.73 Å². The summed E-state index contributed by atoms with van der Waals surface area (Å²) in [6, 6.07) is 3.23. The standard InChI is InChI=1S/C9H8Cl2F3N.ClH/c10-5-2-1-3-6(11)8(5)7(15)4-9(12,13)14;/h1-3,7H,4,15H2;1H/t7-;/m0./s1. The lowest BCUT2D eigenvalue weighted by Gasteiger charge is -2.16. The van der Waals surface area contributed by atoms with E-state index in [1.54, 1.807) is 6.07 Å². The minimum atomic E-state index is -4.33. The lowest BCUT2D eigenvalue weighted by Crippen LogP contribution is -2.20. The SMILES string of the molecule is Cl.N[C@@H](CC(F)(F)F)c1c(Cl)cccc1Cl. The van der Waals surface area contributed by atoms with Gasteiger partial charge in [-0.25, -0.2) is 0 Å². The van der Waals surface area contributed by atoms with Crippen molar-refractivity contribution < 1.29 is 13.2 Å². The maximum atomic E-state index is 12.1. The monoisotopic (exact) mass is 293 g/mol. The minimum Gasteiger partial charge on any atom is -0.324 e. The Hall–Kier alpha value is -0.160. The zero-order valence-corrected chi connectivity index (χ0v) is 10.2. The average molecular weight is 295 g/mol. The van der Waals surface area contributed by atoms with Crippen LogP contribution in [-0.4, -0.2) is 6.18 Å². The molecular formula is C9H9Cl3F3N. The topological polar surface area (TPSA) is 26.0 Å². The Labute approximate surface area is 107 Å². The Kier molecular flexibility index (Phi) is 5.90. The van der Waals surface area contributed by atoms with Gasteiger partial charge in [-0.2, -0.15) is 13.2 Å². The Morgan fingerprint density at radius 2 is 1.62 bits per heavy atom. The van der Waals surface area contributed by atoms with Crippen molar-refractivity contribution in [2.24, 2.45) is 5.73 Å². The fourth-order valence-corrected chi connectivity index (χ4v) is 1.89. The highest BCUT2D eigenvalue weighted by molar-refractivity contribution is 6.36. The molecule has 1 aromatic rings. The van der Waals surface area contributed by atoms with Gasteiger partial charge in [0.15, 0.2) is 0 Å². The molecule has 92 valence electrons. The Morgan fingerprint density at radius 3 is 2.00 bits per heavy atom. The summed E-state index contributed by atoms with van der Waals surface area (Å²) >= 11 is 11.4. The van der Waals surface area contributed by atoms with Crippen molar-refractivity contribution in [2.45, 2.75) is 18.6 Å². The van der Waals surface area contributed by atoms with Crippen LogP contribution in [0.4, 0.5) is 13.2 Å². The van der Waals surface area contributed by atoms with E-state index in [1.807, 2.05) is 0 Å². The van der Waals surface area contributed by atoms with Crippen LogP contribution in [0.5, 0.6) is 0 Å². The third-order valence-corrected chi connectivity index (χ3v) is 2.48. The number of hydrogen-bond donors (Lipinski definition) is 1. The fourth-order valence-electron chi connectivity index (χ4n) is 1.22. The van der Waals surface area contributed by atoms with Crippen LogP contribution in [0.1, 0.15) is 18.0 Å². The van der Waals surface area contributed by atoms with E-state index in [1.165, 1.54) is 12.1 Å². The van der Waals surface area contributed by atoms with Gasteiger partial charge in [0.05, 0.1) is 6.42 Å². The first-order valence-electron chi connectivity index (χ1n) is 4.07. The van der Waals surface area contributed by atoms with Gasteiger partial charge in [-0.15, -0.1) is 12.4 Å². The van der Waals surface area contributed by atoms with Crippen molar-refractivity contribution in [3.63, 3.8) is 0 Å². The molecule has 0 saturated heterocycles. The first-order valence-corrected chi connectivity index (χ1v) is 4.83. The second-order valence-electron chi connectivity index (χ2n) is 3.06. The number of nitrogens with two attached hydrogens (primary N) is 1. The predicted octanol–water partition coefficient (Wildman–Crippen LogP) is 4.37. The van der Waals surface area contributed by atoms with Gasteiger partial charge in [0.25, 0.3) is 0 Å². The summed E-state index contributed by atoms with van der Waals surface area (Å²) in [6.07, 6.45) is -5.47. The van der Waals surface area contributed by atoms with E-state index in [0.717, 1.165) is 0 Å². The molecule has 0 aliphatic rings. The van der Waals surface area contributed by atoms with E-state index in [0.29, 0.717) is 0 Å². The van der Waals surface area contributed by atoms with Gasteiger partial charge in [0.1, 0.15) is 0 Å². The number of benzene rings is 1. The number of alkyl halides is 3. The zero-order chi connectivity index (χ0) is 11.6. The molecule has 1 nitrogen and oxygen atoms in total. The third kappa shape index (κ3) is 4.37. The first-order chi connectivity index (χ1) is 6.81. The van der Waals surface area contributed by atoms with Gasteiger partial charge in [0, 0.05) is 21.7 Å². The van der Waals surface area contributed by atoms with E-state index < -0.39 is 18.6 Å². The second kappa shape index (κ2) is 5.96. The van der Waals surface area contributed by atoms with Crippen LogP contribution in [0, 0.1) is 0 Å². The normalized spacial score (nSPS) is 13.1. The molecule has 2 N–H and O–H groups in total. The summed E-state index contributed by atoms with van der Waals surface area (Å²) in [5, 5.41) is 0.304. The van der Waals surface area contributed by atoms with E-state index in [9.17, 15) is 13.2 Å². The Balaban J connectivity index is 0.00000225. The maximum Gasteiger partial charge on any atom is 0.390 e. The highest BCUT2D eigenvalue weighted by Gasteiger charge is 2.32. The zero-order valence-electron chi connectivity index (χ0n) is 7.89. The van der Waals surface area contributed by atoms with E-state index in [-0.39, 0.29) is 28.0 Å². The van der Waals surface area contributed by atoms with Crippen LogP contribution in [0.15, 0.2) is 18.2 Å². The molecule has 0 bridgehead atoms. The van der Waals surface area contributed by atoms with Crippen molar-refractivity contribution in [1.29, 1.82) is 0 Å². The first kappa shape index (κ1) is 15.8. The van der Waals surface area contributed by atoms with Crippen LogP contribution >= 0.6 is 35.6 Å². The fraction of sp³-hybridized carbons (Fsp3) is 0.333. The summed E-state index contributed by atoms with van der Waals surface area (Å²) < 4.78 is 36.3. The lowest BCUT2D eigenvalue weighted by molar-refractivity contribution is -0.138. The summed E-state index contributed by atoms with van der Waals surface area (Å²) in [5.74, 6) is 0. The van der Waals surface area contributed by atoms with Gasteiger partial charge >= 0.3 is 6.18 Å². The van der Waals surface area contributed by atoms with Gasteiger partial charge in [-0.3, -0.25) is 0 Å². The van der Waals surface area contributed by atoms with Crippen molar-refractivity contribution in [3.8, 4) is 0 Å². The molecule has 1 aromatic carbocycles. The Morgan fingerprint density at radius 1 is 1.19 bits per heavy atom. The lowest BCUT2D eigenvalue weighted by atomic mass is 10.0. The van der Waals surface area contributed by atoms with E-state index >= 15 is 0 Å². The highest BCUT2D eigenvalue weighted by atomic mass is 35.5. The summed E-state index contributed by atoms with van der Waals surface area (Å²) in [5.41, 5.74) is 5.53. The van der Waals surface area contributed by atoms with Crippen LogP contribution in [-0.2, 0) is 0 Å². The molecule has 0 aliphatic heterocycles. The quantitative estimate of drug-likeness (QED) is 0.861. The predicted molar refractivity (Wildman–Crippen MR) is 61.3 cm³/mol. The molecule has 0 fully saturated rings. The average Bonchev–Trinajstić information content (AvgIpc) is 1.99. The second-order valence-corrected chi connectivity index (χ2v) is 3.88. The summed E-state index contributed by atoms with van der Waals surface area (Å²) in [7, 11) is 0. The Bertz CT molecular complexity index is 334.